The monoisotopic (exact) mass is 718 g/mol. The van der Waals surface area contributed by atoms with E-state index in [9.17, 15) is 0 Å². The Morgan fingerprint density at radius 3 is 1.80 bits per heavy atom. The number of furan rings is 1. The van der Waals surface area contributed by atoms with Gasteiger partial charge in [0.25, 0.3) is 0 Å². The average Bonchev–Trinajstić information content (AvgIpc) is 3.83. The van der Waals surface area contributed by atoms with Crippen molar-refractivity contribution >= 4 is 49.4 Å². The van der Waals surface area contributed by atoms with Crippen molar-refractivity contribution in [2.24, 2.45) is 0 Å². The molecule has 10 aromatic rings. The molecule has 3 heterocycles. The molecular weight excluding hydrogens is 685 g/mol. The van der Waals surface area contributed by atoms with Gasteiger partial charge in [0.05, 0.1) is 11.0 Å². The fraction of sp³-hybridized carbons (Fsp3) is 0.0392. The van der Waals surface area contributed by atoms with Gasteiger partial charge in [-0.25, -0.2) is 15.0 Å². The zero-order valence-corrected chi connectivity index (χ0v) is 30.4. The van der Waals surface area contributed by atoms with Gasteiger partial charge in [-0.2, -0.15) is 0 Å². The Balaban J connectivity index is 1.07. The van der Waals surface area contributed by atoms with E-state index in [1.165, 1.54) is 21.8 Å². The number of hydrogen-bond acceptors (Lipinski definition) is 4. The number of benzene rings is 7. The summed E-state index contributed by atoms with van der Waals surface area (Å²) in [5.74, 6) is 1.98. The van der Waals surface area contributed by atoms with Crippen LogP contribution in [0.1, 0.15) is 18.2 Å². The van der Waals surface area contributed by atoms with Crippen LogP contribution in [0.5, 0.6) is 0 Å². The molecule has 0 saturated heterocycles. The normalized spacial score (nSPS) is 14.2. The van der Waals surface area contributed by atoms with Crippen molar-refractivity contribution in [3.8, 4) is 45.0 Å². The fourth-order valence-corrected chi connectivity index (χ4v) is 8.31. The lowest BCUT2D eigenvalue weighted by molar-refractivity contribution is 0.670. The summed E-state index contributed by atoms with van der Waals surface area (Å²) in [4.78, 5) is 15.6. The fourth-order valence-electron chi connectivity index (χ4n) is 8.31. The van der Waals surface area contributed by atoms with Crippen molar-refractivity contribution in [1.29, 1.82) is 0 Å². The molecule has 3 aromatic heterocycles. The lowest BCUT2D eigenvalue weighted by Gasteiger charge is -2.18. The molecule has 56 heavy (non-hydrogen) atoms. The highest BCUT2D eigenvalue weighted by atomic mass is 16.3. The maximum Gasteiger partial charge on any atom is 0.164 e. The minimum atomic E-state index is -0.0364. The molecule has 1 aliphatic rings. The average molecular weight is 719 g/mol. The Labute approximate surface area is 323 Å². The largest absolute Gasteiger partial charge is 0.455 e. The molecule has 0 bridgehead atoms. The summed E-state index contributed by atoms with van der Waals surface area (Å²) in [6.45, 7) is 0. The van der Waals surface area contributed by atoms with Gasteiger partial charge in [-0.15, -0.1) is 0 Å². The molecule has 1 atom stereocenters. The van der Waals surface area contributed by atoms with Gasteiger partial charge in [-0.3, -0.25) is 0 Å². The van der Waals surface area contributed by atoms with E-state index in [1.54, 1.807) is 0 Å². The van der Waals surface area contributed by atoms with E-state index in [1.807, 2.05) is 36.4 Å². The first-order chi connectivity index (χ1) is 27.8. The van der Waals surface area contributed by atoms with Crippen LogP contribution in [0, 0.1) is 0 Å². The number of fused-ring (bicyclic) bond motifs is 6. The van der Waals surface area contributed by atoms with Gasteiger partial charge >= 0.3 is 0 Å². The SMILES string of the molecule is C1=CC(c2nc(-c3ccccc3)nc(-c3cccc4oc5c(-c6ccccc6)cc(-c6ccccc6)cc5c34)n2)CC=C1n1c2ccccc2c2ccccc21. The van der Waals surface area contributed by atoms with Gasteiger partial charge in [0.2, 0.25) is 0 Å². The van der Waals surface area contributed by atoms with Gasteiger partial charge in [0, 0.05) is 49.9 Å². The van der Waals surface area contributed by atoms with Crippen LogP contribution >= 0.6 is 0 Å². The van der Waals surface area contributed by atoms with E-state index in [4.69, 9.17) is 19.4 Å². The molecule has 264 valence electrons. The van der Waals surface area contributed by atoms with Crippen molar-refractivity contribution in [1.82, 2.24) is 19.5 Å². The van der Waals surface area contributed by atoms with Crippen LogP contribution in [-0.4, -0.2) is 19.5 Å². The summed E-state index contributed by atoms with van der Waals surface area (Å²) in [6, 6.07) is 59.1. The van der Waals surface area contributed by atoms with Crippen LogP contribution in [0.25, 0.3) is 94.5 Å². The van der Waals surface area contributed by atoms with Crippen LogP contribution in [0.15, 0.2) is 193 Å². The third-order valence-corrected chi connectivity index (χ3v) is 11.0. The zero-order valence-electron chi connectivity index (χ0n) is 30.4. The van der Waals surface area contributed by atoms with Gasteiger partial charge in [0.15, 0.2) is 11.6 Å². The second kappa shape index (κ2) is 13.2. The smallest absolute Gasteiger partial charge is 0.164 e. The lowest BCUT2D eigenvalue weighted by atomic mass is 9.94. The third kappa shape index (κ3) is 5.36. The van der Waals surface area contributed by atoms with Crippen molar-refractivity contribution < 1.29 is 4.42 Å². The van der Waals surface area contributed by atoms with E-state index >= 15 is 0 Å². The second-order valence-electron chi connectivity index (χ2n) is 14.3. The highest BCUT2D eigenvalue weighted by Crippen LogP contribution is 2.43. The Kier molecular flexibility index (Phi) is 7.56. The summed E-state index contributed by atoms with van der Waals surface area (Å²) < 4.78 is 9.13. The summed E-state index contributed by atoms with van der Waals surface area (Å²) in [6.07, 6.45) is 7.54. The van der Waals surface area contributed by atoms with E-state index in [-0.39, 0.29) is 5.92 Å². The molecule has 1 aliphatic carbocycles. The summed E-state index contributed by atoms with van der Waals surface area (Å²) in [5.41, 5.74) is 11.4. The second-order valence-corrected chi connectivity index (χ2v) is 14.3. The topological polar surface area (TPSA) is 56.7 Å². The molecular formula is C51H34N4O. The zero-order chi connectivity index (χ0) is 37.0. The molecule has 0 spiro atoms. The van der Waals surface area contributed by atoms with Crippen LogP contribution in [0.2, 0.25) is 0 Å². The number of aromatic nitrogens is 4. The maximum atomic E-state index is 6.77. The van der Waals surface area contributed by atoms with Crippen LogP contribution in [-0.2, 0) is 0 Å². The summed E-state index contributed by atoms with van der Waals surface area (Å²) in [5, 5.41) is 4.51. The first-order valence-corrected chi connectivity index (χ1v) is 19.1. The van der Waals surface area contributed by atoms with Gasteiger partial charge in [-0.1, -0.05) is 152 Å². The molecule has 0 radical (unpaired) electrons. The number of allylic oxidation sites excluding steroid dienone is 4. The molecule has 0 amide bonds. The molecule has 5 nitrogen and oxygen atoms in total. The number of nitrogens with zero attached hydrogens (tertiary/aromatic N) is 4. The summed E-state index contributed by atoms with van der Waals surface area (Å²) in [7, 11) is 0. The molecule has 0 fully saturated rings. The Morgan fingerprint density at radius 2 is 1.12 bits per heavy atom. The Bertz CT molecular complexity index is 3100. The van der Waals surface area contributed by atoms with Crippen LogP contribution in [0.4, 0.5) is 0 Å². The highest BCUT2D eigenvalue weighted by Gasteiger charge is 2.23. The minimum Gasteiger partial charge on any atom is -0.455 e. The predicted molar refractivity (Wildman–Crippen MR) is 229 cm³/mol. The van der Waals surface area contributed by atoms with Crippen molar-refractivity contribution in [3.05, 3.63) is 194 Å². The highest BCUT2D eigenvalue weighted by molar-refractivity contribution is 6.16. The summed E-state index contributed by atoms with van der Waals surface area (Å²) >= 11 is 0. The quantitative estimate of drug-likeness (QED) is 0.172. The molecule has 11 rings (SSSR count). The van der Waals surface area contributed by atoms with E-state index in [2.05, 4.69) is 156 Å². The first kappa shape index (κ1) is 32.1. The number of para-hydroxylation sites is 2. The van der Waals surface area contributed by atoms with Crippen LogP contribution in [0.3, 0.4) is 0 Å². The molecule has 0 N–H and O–H groups in total. The third-order valence-electron chi connectivity index (χ3n) is 11.0. The van der Waals surface area contributed by atoms with Gasteiger partial charge in [-0.05, 0) is 59.5 Å². The lowest BCUT2D eigenvalue weighted by Crippen LogP contribution is -2.09. The van der Waals surface area contributed by atoms with Crippen molar-refractivity contribution in [2.75, 3.05) is 0 Å². The standard InChI is InChI=1S/C51H34N4O/c1-4-15-33(16-5-1)37-31-42(34-17-6-2-7-18-34)48-43(32-37)47-41(23-14-26-46(47)56-48)51-53-49(35-19-8-3-9-20-35)52-50(54-51)36-27-29-38(30-28-36)55-44-24-12-10-21-39(44)40-22-11-13-25-45(40)55/h1-27,29-32,36H,28H2. The van der Waals surface area contributed by atoms with Gasteiger partial charge in [0.1, 0.15) is 17.0 Å². The van der Waals surface area contributed by atoms with Gasteiger partial charge < -0.3 is 8.98 Å². The molecule has 0 saturated carbocycles. The number of rotatable bonds is 6. The molecule has 5 heteroatoms. The van der Waals surface area contributed by atoms with E-state index in [0.29, 0.717) is 11.6 Å². The van der Waals surface area contributed by atoms with Crippen LogP contribution < -0.4 is 0 Å². The van der Waals surface area contributed by atoms with E-state index in [0.717, 1.165) is 73.3 Å². The van der Waals surface area contributed by atoms with Crippen molar-refractivity contribution in [2.45, 2.75) is 12.3 Å². The Hall–Kier alpha value is -7.37. The maximum absolute atomic E-state index is 6.77. The van der Waals surface area contributed by atoms with E-state index < -0.39 is 0 Å². The Morgan fingerprint density at radius 1 is 0.500 bits per heavy atom. The minimum absolute atomic E-state index is 0.0364. The van der Waals surface area contributed by atoms with Crippen molar-refractivity contribution in [3.63, 3.8) is 0 Å². The molecule has 0 aliphatic heterocycles. The number of hydrogen-bond donors (Lipinski definition) is 0. The first-order valence-electron chi connectivity index (χ1n) is 19.1. The molecule has 1 unspecified atom stereocenters. The predicted octanol–water partition coefficient (Wildman–Crippen LogP) is 13.1. The molecule has 7 aromatic carbocycles.